The number of carboxylic acids is 1. The summed E-state index contributed by atoms with van der Waals surface area (Å²) in [5, 5.41) is 18.0. The van der Waals surface area contributed by atoms with Gasteiger partial charge in [-0.2, -0.15) is 0 Å². The third-order valence-electron chi connectivity index (χ3n) is 1.53. The first kappa shape index (κ1) is 14.4. The Labute approximate surface area is 94.5 Å². The maximum absolute atomic E-state index is 11.3. The summed E-state index contributed by atoms with van der Waals surface area (Å²) >= 11 is 0. The van der Waals surface area contributed by atoms with Gasteiger partial charge in [-0.1, -0.05) is 0 Å². The molecule has 0 saturated carbocycles. The number of amides is 1. The zero-order valence-corrected chi connectivity index (χ0v) is 9.96. The average Bonchev–Trinajstić information content (AvgIpc) is 1.98. The lowest BCUT2D eigenvalue weighted by atomic mass is 10.1. The van der Waals surface area contributed by atoms with Crippen LogP contribution in [0.3, 0.4) is 0 Å². The van der Waals surface area contributed by atoms with Gasteiger partial charge in [-0.15, -0.1) is 0 Å². The first-order valence-electron chi connectivity index (χ1n) is 4.92. The molecule has 0 aliphatic rings. The molecule has 16 heavy (non-hydrogen) atoms. The Morgan fingerprint density at radius 3 is 2.31 bits per heavy atom. The number of nitrogens with one attached hydrogen (secondary N) is 2. The molecule has 0 saturated heterocycles. The normalized spacial score (nSPS) is 12.8. The largest absolute Gasteiger partial charge is 0.477 e. The van der Waals surface area contributed by atoms with E-state index in [1.54, 1.807) is 27.7 Å². The summed E-state index contributed by atoms with van der Waals surface area (Å²) in [6.07, 6.45) is -0.646. The number of aliphatic carboxylic acids is 1. The standard InChI is InChI=1S/C10H18N2O4/c1-6(5-7(11)8(13)14)12-9(15)16-10(2,3)4/h6,11H,5H2,1-4H3,(H,12,15)(H,13,14)/t6-/m0/s1. The molecule has 6 heteroatoms. The van der Waals surface area contributed by atoms with Gasteiger partial charge in [0.15, 0.2) is 0 Å². The van der Waals surface area contributed by atoms with Crippen molar-refractivity contribution in [2.45, 2.75) is 45.8 Å². The van der Waals surface area contributed by atoms with Gasteiger partial charge in [0, 0.05) is 12.5 Å². The number of carbonyl (C=O) groups is 2. The van der Waals surface area contributed by atoms with E-state index in [1.807, 2.05) is 0 Å². The zero-order chi connectivity index (χ0) is 12.9. The Bertz CT molecular complexity index is 294. The van der Waals surface area contributed by atoms with Crippen LogP contribution >= 0.6 is 0 Å². The molecule has 0 aromatic rings. The van der Waals surface area contributed by atoms with Gasteiger partial charge >= 0.3 is 12.1 Å². The van der Waals surface area contributed by atoms with E-state index in [-0.39, 0.29) is 6.42 Å². The number of alkyl carbamates (subject to hydrolysis) is 1. The fraction of sp³-hybridized carbons (Fsp3) is 0.700. The molecule has 0 radical (unpaired) electrons. The van der Waals surface area contributed by atoms with Crippen molar-refractivity contribution in [3.63, 3.8) is 0 Å². The highest BCUT2D eigenvalue weighted by Gasteiger charge is 2.19. The van der Waals surface area contributed by atoms with E-state index in [2.05, 4.69) is 5.32 Å². The summed E-state index contributed by atoms with van der Waals surface area (Å²) in [5.41, 5.74) is -1.03. The van der Waals surface area contributed by atoms with E-state index >= 15 is 0 Å². The molecule has 0 fully saturated rings. The second-order valence-corrected chi connectivity index (χ2v) is 4.54. The lowest BCUT2D eigenvalue weighted by molar-refractivity contribution is -0.129. The van der Waals surface area contributed by atoms with Crippen molar-refractivity contribution in [1.29, 1.82) is 5.41 Å². The highest BCUT2D eigenvalue weighted by atomic mass is 16.6. The molecule has 0 aliphatic heterocycles. The van der Waals surface area contributed by atoms with Gasteiger partial charge in [0.1, 0.15) is 11.3 Å². The SMILES string of the molecule is C[C@@H](CC(=N)C(=O)O)NC(=O)OC(C)(C)C. The van der Waals surface area contributed by atoms with Gasteiger partial charge in [0.25, 0.3) is 0 Å². The Kier molecular flexibility index (Phi) is 4.94. The van der Waals surface area contributed by atoms with Crippen molar-refractivity contribution in [3.8, 4) is 0 Å². The fourth-order valence-electron chi connectivity index (χ4n) is 0.953. The van der Waals surface area contributed by atoms with E-state index in [9.17, 15) is 9.59 Å². The minimum Gasteiger partial charge on any atom is -0.477 e. The molecule has 0 aromatic carbocycles. The third-order valence-corrected chi connectivity index (χ3v) is 1.53. The maximum atomic E-state index is 11.3. The van der Waals surface area contributed by atoms with Gasteiger partial charge in [0.2, 0.25) is 0 Å². The monoisotopic (exact) mass is 230 g/mol. The highest BCUT2D eigenvalue weighted by Crippen LogP contribution is 2.07. The molecular weight excluding hydrogens is 212 g/mol. The minimum atomic E-state index is -1.28. The molecule has 0 aliphatic carbocycles. The number of carboxylic acid groups (broad SMARTS) is 1. The Balaban J connectivity index is 4.06. The first-order chi connectivity index (χ1) is 7.11. The van der Waals surface area contributed by atoms with Crippen LogP contribution in [-0.4, -0.2) is 34.5 Å². The number of rotatable bonds is 4. The minimum absolute atomic E-state index is 0.0332. The van der Waals surface area contributed by atoms with Crippen LogP contribution in [0.4, 0.5) is 4.79 Å². The van der Waals surface area contributed by atoms with Crippen LogP contribution in [0.25, 0.3) is 0 Å². The molecule has 3 N–H and O–H groups in total. The molecule has 0 unspecified atom stereocenters. The maximum Gasteiger partial charge on any atom is 0.407 e. The quantitative estimate of drug-likeness (QED) is 0.635. The highest BCUT2D eigenvalue weighted by molar-refractivity contribution is 6.34. The molecule has 92 valence electrons. The molecule has 0 bridgehead atoms. The predicted molar refractivity (Wildman–Crippen MR) is 58.8 cm³/mol. The molecule has 1 atom stereocenters. The number of ether oxygens (including phenoxy) is 1. The lowest BCUT2D eigenvalue weighted by Crippen LogP contribution is -2.39. The van der Waals surface area contributed by atoms with Crippen LogP contribution in [-0.2, 0) is 9.53 Å². The summed E-state index contributed by atoms with van der Waals surface area (Å²) in [6.45, 7) is 6.81. The fourth-order valence-corrected chi connectivity index (χ4v) is 0.953. The van der Waals surface area contributed by atoms with Crippen LogP contribution in [0, 0.1) is 5.41 Å². The van der Waals surface area contributed by atoms with Crippen molar-refractivity contribution in [3.05, 3.63) is 0 Å². The van der Waals surface area contributed by atoms with Gasteiger partial charge in [-0.05, 0) is 27.7 Å². The topological polar surface area (TPSA) is 99.5 Å². The lowest BCUT2D eigenvalue weighted by Gasteiger charge is -2.21. The molecular formula is C10H18N2O4. The summed E-state index contributed by atoms with van der Waals surface area (Å²) in [6, 6.07) is -0.446. The number of hydrogen-bond acceptors (Lipinski definition) is 4. The van der Waals surface area contributed by atoms with Crippen molar-refractivity contribution in [2.24, 2.45) is 0 Å². The molecule has 6 nitrogen and oxygen atoms in total. The zero-order valence-electron chi connectivity index (χ0n) is 9.96. The van der Waals surface area contributed by atoms with E-state index < -0.39 is 29.4 Å². The van der Waals surface area contributed by atoms with E-state index in [1.165, 1.54) is 0 Å². The van der Waals surface area contributed by atoms with Gasteiger partial charge in [0.05, 0.1) is 0 Å². The van der Waals surface area contributed by atoms with E-state index in [4.69, 9.17) is 15.3 Å². The van der Waals surface area contributed by atoms with Crippen LogP contribution in [0.2, 0.25) is 0 Å². The third kappa shape index (κ3) is 6.80. The predicted octanol–water partition coefficient (Wildman–Crippen LogP) is 1.39. The second-order valence-electron chi connectivity index (χ2n) is 4.54. The first-order valence-corrected chi connectivity index (χ1v) is 4.92. The van der Waals surface area contributed by atoms with Gasteiger partial charge in [-0.25, -0.2) is 9.59 Å². The molecule has 0 rings (SSSR count). The van der Waals surface area contributed by atoms with Crippen molar-refractivity contribution in [1.82, 2.24) is 5.32 Å². The Morgan fingerprint density at radius 2 is 1.94 bits per heavy atom. The summed E-state index contributed by atoms with van der Waals surface area (Å²) in [7, 11) is 0. The van der Waals surface area contributed by atoms with Crippen molar-refractivity contribution >= 4 is 17.8 Å². The van der Waals surface area contributed by atoms with Crippen LogP contribution in [0.15, 0.2) is 0 Å². The van der Waals surface area contributed by atoms with Crippen molar-refractivity contribution < 1.29 is 19.4 Å². The molecule has 0 spiro atoms. The summed E-state index contributed by atoms with van der Waals surface area (Å²) in [5.74, 6) is -1.28. The summed E-state index contributed by atoms with van der Waals surface area (Å²) < 4.78 is 4.98. The van der Waals surface area contributed by atoms with Crippen molar-refractivity contribution in [2.75, 3.05) is 0 Å². The number of hydrogen-bond donors (Lipinski definition) is 3. The van der Waals surface area contributed by atoms with Gasteiger partial charge < -0.3 is 15.2 Å². The average molecular weight is 230 g/mol. The van der Waals surface area contributed by atoms with Gasteiger partial charge in [-0.3, -0.25) is 5.41 Å². The van der Waals surface area contributed by atoms with Crippen LogP contribution < -0.4 is 5.32 Å². The van der Waals surface area contributed by atoms with E-state index in [0.717, 1.165) is 0 Å². The molecule has 0 heterocycles. The smallest absolute Gasteiger partial charge is 0.407 e. The Hall–Kier alpha value is -1.59. The Morgan fingerprint density at radius 1 is 1.44 bits per heavy atom. The van der Waals surface area contributed by atoms with Crippen LogP contribution in [0.1, 0.15) is 34.1 Å². The second kappa shape index (κ2) is 5.48. The molecule has 1 amide bonds. The molecule has 0 aromatic heterocycles. The summed E-state index contributed by atoms with van der Waals surface area (Å²) in [4.78, 5) is 21.7. The number of carbonyl (C=O) groups excluding carboxylic acids is 1. The van der Waals surface area contributed by atoms with E-state index in [0.29, 0.717) is 0 Å². The van der Waals surface area contributed by atoms with Crippen LogP contribution in [0.5, 0.6) is 0 Å².